The van der Waals surface area contributed by atoms with Gasteiger partial charge in [-0.15, -0.1) is 0 Å². The number of rotatable bonds is 4. The standard InChI is InChI=1S/C15H14BrClO2/c1-19-15(11-4-2-3-10(7-11)9-18)13-6-5-12(17)8-14(13)16/h2-8,15,18H,9H2,1H3. The zero-order chi connectivity index (χ0) is 13.8. The molecule has 0 bridgehead atoms. The lowest BCUT2D eigenvalue weighted by molar-refractivity contribution is 0.135. The van der Waals surface area contributed by atoms with Crippen LogP contribution in [-0.4, -0.2) is 12.2 Å². The van der Waals surface area contributed by atoms with Gasteiger partial charge in [0, 0.05) is 16.6 Å². The number of aliphatic hydroxyl groups is 1. The van der Waals surface area contributed by atoms with Crippen LogP contribution in [0.15, 0.2) is 46.9 Å². The molecule has 0 aromatic heterocycles. The molecule has 0 fully saturated rings. The third-order valence-electron chi connectivity index (χ3n) is 2.92. The minimum atomic E-state index is -0.196. The van der Waals surface area contributed by atoms with E-state index in [1.165, 1.54) is 0 Å². The van der Waals surface area contributed by atoms with Crippen LogP contribution in [0, 0.1) is 0 Å². The molecule has 2 nitrogen and oxygen atoms in total. The van der Waals surface area contributed by atoms with E-state index in [4.69, 9.17) is 16.3 Å². The second-order valence-corrected chi connectivity index (χ2v) is 5.48. The van der Waals surface area contributed by atoms with Crippen LogP contribution in [0.2, 0.25) is 5.02 Å². The van der Waals surface area contributed by atoms with Crippen molar-refractivity contribution in [1.82, 2.24) is 0 Å². The molecular weight excluding hydrogens is 328 g/mol. The highest BCUT2D eigenvalue weighted by molar-refractivity contribution is 9.10. The van der Waals surface area contributed by atoms with Crippen LogP contribution in [0.4, 0.5) is 0 Å². The van der Waals surface area contributed by atoms with Crippen LogP contribution in [-0.2, 0) is 11.3 Å². The molecule has 19 heavy (non-hydrogen) atoms. The number of benzene rings is 2. The molecule has 2 aromatic carbocycles. The molecule has 1 atom stereocenters. The molecule has 0 spiro atoms. The molecule has 0 saturated carbocycles. The van der Waals surface area contributed by atoms with Gasteiger partial charge in [0.1, 0.15) is 6.10 Å². The highest BCUT2D eigenvalue weighted by Crippen LogP contribution is 2.33. The summed E-state index contributed by atoms with van der Waals surface area (Å²) in [5.74, 6) is 0. The van der Waals surface area contributed by atoms with Crippen molar-refractivity contribution in [3.05, 3.63) is 68.7 Å². The topological polar surface area (TPSA) is 29.5 Å². The third kappa shape index (κ3) is 3.37. The van der Waals surface area contributed by atoms with Crippen molar-refractivity contribution in [2.75, 3.05) is 7.11 Å². The molecule has 0 amide bonds. The van der Waals surface area contributed by atoms with E-state index in [-0.39, 0.29) is 12.7 Å². The molecule has 0 aliphatic heterocycles. The van der Waals surface area contributed by atoms with E-state index in [1.54, 1.807) is 7.11 Å². The van der Waals surface area contributed by atoms with E-state index >= 15 is 0 Å². The van der Waals surface area contributed by atoms with Crippen molar-refractivity contribution in [3.8, 4) is 0 Å². The summed E-state index contributed by atoms with van der Waals surface area (Å²) in [6.45, 7) is 0.0199. The first-order chi connectivity index (χ1) is 9.15. The van der Waals surface area contributed by atoms with Crippen molar-refractivity contribution in [2.45, 2.75) is 12.7 Å². The Labute approximate surface area is 126 Å². The van der Waals surface area contributed by atoms with Gasteiger partial charge in [-0.05, 0) is 28.8 Å². The summed E-state index contributed by atoms with van der Waals surface area (Å²) in [5.41, 5.74) is 2.86. The van der Waals surface area contributed by atoms with E-state index < -0.39 is 0 Å². The first-order valence-electron chi connectivity index (χ1n) is 5.83. The summed E-state index contributed by atoms with van der Waals surface area (Å²) in [7, 11) is 1.66. The van der Waals surface area contributed by atoms with Gasteiger partial charge >= 0.3 is 0 Å². The maximum Gasteiger partial charge on any atom is 0.108 e. The molecule has 0 radical (unpaired) electrons. The molecule has 0 heterocycles. The van der Waals surface area contributed by atoms with E-state index in [2.05, 4.69) is 15.9 Å². The number of halogens is 2. The number of hydrogen-bond donors (Lipinski definition) is 1. The van der Waals surface area contributed by atoms with Crippen LogP contribution >= 0.6 is 27.5 Å². The average molecular weight is 342 g/mol. The maximum atomic E-state index is 9.21. The lowest BCUT2D eigenvalue weighted by Crippen LogP contribution is -2.05. The van der Waals surface area contributed by atoms with Gasteiger partial charge in [-0.1, -0.05) is 57.9 Å². The Morgan fingerprint density at radius 2 is 2.05 bits per heavy atom. The summed E-state index contributed by atoms with van der Waals surface area (Å²) in [5, 5.41) is 9.89. The van der Waals surface area contributed by atoms with Gasteiger partial charge in [0.15, 0.2) is 0 Å². The highest BCUT2D eigenvalue weighted by Gasteiger charge is 2.16. The van der Waals surface area contributed by atoms with Crippen molar-refractivity contribution < 1.29 is 9.84 Å². The Bertz CT molecular complexity index is 572. The van der Waals surface area contributed by atoms with Crippen LogP contribution in [0.3, 0.4) is 0 Å². The normalized spacial score (nSPS) is 12.4. The highest BCUT2D eigenvalue weighted by atomic mass is 79.9. The molecular formula is C15H14BrClO2. The number of hydrogen-bond acceptors (Lipinski definition) is 2. The van der Waals surface area contributed by atoms with Crippen LogP contribution in [0.25, 0.3) is 0 Å². The fraction of sp³-hybridized carbons (Fsp3) is 0.200. The number of methoxy groups -OCH3 is 1. The molecule has 0 aliphatic carbocycles. The van der Waals surface area contributed by atoms with Gasteiger partial charge in [0.25, 0.3) is 0 Å². The molecule has 2 rings (SSSR count). The third-order valence-corrected chi connectivity index (χ3v) is 3.84. The summed E-state index contributed by atoms with van der Waals surface area (Å²) in [6, 6.07) is 13.3. The largest absolute Gasteiger partial charge is 0.392 e. The monoisotopic (exact) mass is 340 g/mol. The second-order valence-electron chi connectivity index (χ2n) is 4.18. The fourth-order valence-corrected chi connectivity index (χ4v) is 2.90. The average Bonchev–Trinajstić information content (AvgIpc) is 2.42. The summed E-state index contributed by atoms with van der Waals surface area (Å²) in [6.07, 6.45) is -0.196. The Morgan fingerprint density at radius 3 is 2.68 bits per heavy atom. The minimum Gasteiger partial charge on any atom is -0.392 e. The van der Waals surface area contributed by atoms with Crippen molar-refractivity contribution in [1.29, 1.82) is 0 Å². The van der Waals surface area contributed by atoms with Crippen LogP contribution in [0.1, 0.15) is 22.8 Å². The summed E-state index contributed by atoms with van der Waals surface area (Å²) in [4.78, 5) is 0. The Hall–Kier alpha value is -0.870. The quantitative estimate of drug-likeness (QED) is 0.897. The van der Waals surface area contributed by atoms with Gasteiger partial charge in [-0.25, -0.2) is 0 Å². The number of aliphatic hydroxyl groups excluding tert-OH is 1. The van der Waals surface area contributed by atoms with Crippen molar-refractivity contribution in [2.24, 2.45) is 0 Å². The molecule has 1 unspecified atom stereocenters. The molecule has 0 aliphatic rings. The van der Waals surface area contributed by atoms with Crippen LogP contribution in [0.5, 0.6) is 0 Å². The molecule has 100 valence electrons. The minimum absolute atomic E-state index is 0.0199. The molecule has 2 aromatic rings. The second kappa shape index (κ2) is 6.53. The van der Waals surface area contributed by atoms with Gasteiger partial charge in [0.2, 0.25) is 0 Å². The lowest BCUT2D eigenvalue weighted by atomic mass is 10.00. The zero-order valence-electron chi connectivity index (χ0n) is 10.4. The maximum absolute atomic E-state index is 9.21. The summed E-state index contributed by atoms with van der Waals surface area (Å²) >= 11 is 9.46. The zero-order valence-corrected chi connectivity index (χ0v) is 12.8. The Kier molecular flexibility index (Phi) is 4.99. The fourth-order valence-electron chi connectivity index (χ4n) is 2.01. The van der Waals surface area contributed by atoms with Gasteiger partial charge in [-0.2, -0.15) is 0 Å². The number of ether oxygens (including phenoxy) is 1. The van der Waals surface area contributed by atoms with Crippen molar-refractivity contribution >= 4 is 27.5 Å². The van der Waals surface area contributed by atoms with Gasteiger partial charge in [-0.3, -0.25) is 0 Å². The molecule has 1 N–H and O–H groups in total. The molecule has 0 saturated heterocycles. The van der Waals surface area contributed by atoms with E-state index in [0.717, 1.165) is 21.2 Å². The van der Waals surface area contributed by atoms with Crippen LogP contribution < -0.4 is 0 Å². The Morgan fingerprint density at radius 1 is 1.26 bits per heavy atom. The predicted molar refractivity (Wildman–Crippen MR) is 80.4 cm³/mol. The summed E-state index contributed by atoms with van der Waals surface area (Å²) < 4.78 is 6.49. The Balaban J connectivity index is 2.43. The predicted octanol–water partition coefficient (Wildman–Crippen LogP) is 4.33. The smallest absolute Gasteiger partial charge is 0.108 e. The van der Waals surface area contributed by atoms with E-state index in [9.17, 15) is 5.11 Å². The first-order valence-corrected chi connectivity index (χ1v) is 7.00. The molecule has 4 heteroatoms. The first kappa shape index (κ1) is 14.5. The van der Waals surface area contributed by atoms with Crippen molar-refractivity contribution in [3.63, 3.8) is 0 Å². The van der Waals surface area contributed by atoms with E-state index in [1.807, 2.05) is 42.5 Å². The van der Waals surface area contributed by atoms with Gasteiger partial charge < -0.3 is 9.84 Å². The van der Waals surface area contributed by atoms with Gasteiger partial charge in [0.05, 0.1) is 6.61 Å². The lowest BCUT2D eigenvalue weighted by Gasteiger charge is -2.18. The van der Waals surface area contributed by atoms with E-state index in [0.29, 0.717) is 5.02 Å². The SMILES string of the molecule is COC(c1cccc(CO)c1)c1ccc(Cl)cc1Br.